The first kappa shape index (κ1) is 22.5. The second-order valence-corrected chi connectivity index (χ2v) is 10.3. The fraction of sp³-hybridized carbons (Fsp3) is 0.400. The van der Waals surface area contributed by atoms with Crippen LogP contribution in [0.4, 0.5) is 5.69 Å². The van der Waals surface area contributed by atoms with Crippen molar-refractivity contribution in [1.82, 2.24) is 15.2 Å². The Morgan fingerprint density at radius 2 is 1.85 bits per heavy atom. The second-order valence-electron chi connectivity index (χ2n) is 9.26. The number of carbonyl (C=O) groups excluding carboxylic acids is 1. The minimum absolute atomic E-state index is 0.0897. The molecule has 2 N–H and O–H groups in total. The molecule has 0 atom stereocenters. The van der Waals surface area contributed by atoms with E-state index >= 15 is 0 Å². The van der Waals surface area contributed by atoms with E-state index in [0.717, 1.165) is 49.1 Å². The van der Waals surface area contributed by atoms with E-state index in [1.807, 2.05) is 30.3 Å². The average molecular weight is 479 g/mol. The molecule has 0 radical (unpaired) electrons. The van der Waals surface area contributed by atoms with Crippen LogP contribution in [0.15, 0.2) is 48.7 Å². The summed E-state index contributed by atoms with van der Waals surface area (Å²) in [5.74, 6) is -0.626. The van der Waals surface area contributed by atoms with Gasteiger partial charge in [-0.3, -0.25) is 9.59 Å². The summed E-state index contributed by atoms with van der Waals surface area (Å²) in [4.78, 5) is 28.0. The Hall–Kier alpha value is -3.33. The number of nitrogens with one attached hydrogen (secondary N) is 1. The number of rotatable bonds is 7. The predicted molar refractivity (Wildman–Crippen MR) is 127 cm³/mol. The van der Waals surface area contributed by atoms with E-state index in [2.05, 4.69) is 20.5 Å². The summed E-state index contributed by atoms with van der Waals surface area (Å²) in [7, 11) is 0. The van der Waals surface area contributed by atoms with E-state index < -0.39 is 5.97 Å². The summed E-state index contributed by atoms with van der Waals surface area (Å²) in [5, 5.41) is 21.2. The number of nitrogens with zero attached hydrogens (tertiary/aromatic N) is 3. The summed E-state index contributed by atoms with van der Waals surface area (Å²) in [6.07, 6.45) is 7.73. The molecule has 1 aromatic carbocycles. The Kier molecular flexibility index (Phi) is 6.28. The molecule has 0 saturated heterocycles. The lowest BCUT2D eigenvalue weighted by atomic mass is 9.55. The number of hydrogen-bond donors (Lipinski definition) is 2. The van der Waals surface area contributed by atoms with Crippen molar-refractivity contribution in [3.63, 3.8) is 0 Å². The predicted octanol–water partition coefficient (Wildman–Crippen LogP) is 4.58. The van der Waals surface area contributed by atoms with Gasteiger partial charge in [-0.15, -0.1) is 10.2 Å². The van der Waals surface area contributed by atoms with Crippen LogP contribution in [0.5, 0.6) is 5.88 Å². The zero-order valence-corrected chi connectivity index (χ0v) is 19.5. The maximum absolute atomic E-state index is 12.5. The van der Waals surface area contributed by atoms with Gasteiger partial charge in [0, 0.05) is 12.5 Å². The van der Waals surface area contributed by atoms with Crippen molar-refractivity contribution in [3.8, 4) is 5.88 Å². The van der Waals surface area contributed by atoms with Gasteiger partial charge < -0.3 is 15.2 Å². The van der Waals surface area contributed by atoms with Crippen molar-refractivity contribution in [2.75, 3.05) is 5.32 Å². The number of ether oxygens (including phenoxy) is 1. The van der Waals surface area contributed by atoms with Crippen LogP contribution >= 0.6 is 11.3 Å². The molecule has 34 heavy (non-hydrogen) atoms. The number of aliphatic carboxylic acids is 1. The fourth-order valence-corrected chi connectivity index (χ4v) is 5.73. The molecule has 5 rings (SSSR count). The number of amides is 1. The largest absolute Gasteiger partial charge is 0.481 e. The highest BCUT2D eigenvalue weighted by atomic mass is 32.1. The van der Waals surface area contributed by atoms with Gasteiger partial charge in [0.1, 0.15) is 11.1 Å². The van der Waals surface area contributed by atoms with Crippen LogP contribution in [-0.2, 0) is 11.2 Å². The topological polar surface area (TPSA) is 114 Å². The van der Waals surface area contributed by atoms with Crippen LogP contribution < -0.4 is 10.1 Å². The lowest BCUT2D eigenvalue weighted by Crippen LogP contribution is -2.45. The molecule has 1 amide bonds. The Balaban J connectivity index is 1.10. The molecule has 176 valence electrons. The molecular formula is C25H26N4O4S. The van der Waals surface area contributed by atoms with Gasteiger partial charge in [0.05, 0.1) is 17.8 Å². The highest BCUT2D eigenvalue weighted by Gasteiger charge is 2.49. The molecule has 0 aliphatic heterocycles. The SMILES string of the molecule is O=C(Nc1ccc(OC2CCC3(CC2)CC(C(=O)O)C3)nc1)c1nnc(Cc2ccccc2)s1. The number of aromatic nitrogens is 3. The molecular weight excluding hydrogens is 452 g/mol. The summed E-state index contributed by atoms with van der Waals surface area (Å²) < 4.78 is 6.04. The van der Waals surface area contributed by atoms with Crippen LogP contribution in [0, 0.1) is 11.3 Å². The fourth-order valence-electron chi connectivity index (χ4n) is 4.96. The molecule has 2 saturated carbocycles. The number of pyridine rings is 1. The maximum atomic E-state index is 12.5. The molecule has 2 aliphatic carbocycles. The third kappa shape index (κ3) is 5.09. The van der Waals surface area contributed by atoms with Crippen LogP contribution in [0.25, 0.3) is 0 Å². The van der Waals surface area contributed by atoms with Gasteiger partial charge in [-0.25, -0.2) is 4.98 Å². The molecule has 0 unspecified atom stereocenters. The van der Waals surface area contributed by atoms with E-state index in [-0.39, 0.29) is 23.3 Å². The Labute approximate surface area is 201 Å². The zero-order valence-electron chi connectivity index (χ0n) is 18.6. The molecule has 2 aliphatic rings. The summed E-state index contributed by atoms with van der Waals surface area (Å²) in [6.45, 7) is 0. The molecule has 2 fully saturated rings. The first-order chi connectivity index (χ1) is 16.5. The van der Waals surface area contributed by atoms with E-state index in [9.17, 15) is 9.59 Å². The Morgan fingerprint density at radius 1 is 1.09 bits per heavy atom. The van der Waals surface area contributed by atoms with Crippen LogP contribution in [0.3, 0.4) is 0 Å². The number of carbonyl (C=O) groups is 2. The van der Waals surface area contributed by atoms with Crippen molar-refractivity contribution < 1.29 is 19.4 Å². The zero-order chi connectivity index (χ0) is 23.5. The van der Waals surface area contributed by atoms with Crippen LogP contribution in [-0.4, -0.2) is 38.3 Å². The monoisotopic (exact) mass is 478 g/mol. The number of carboxylic acid groups (broad SMARTS) is 1. The third-order valence-corrected chi connectivity index (χ3v) is 7.76. The first-order valence-corrected chi connectivity index (χ1v) is 12.3. The minimum Gasteiger partial charge on any atom is -0.481 e. The van der Waals surface area contributed by atoms with Crippen LogP contribution in [0.1, 0.15) is 58.9 Å². The van der Waals surface area contributed by atoms with Gasteiger partial charge in [-0.2, -0.15) is 0 Å². The van der Waals surface area contributed by atoms with Crippen molar-refractivity contribution in [2.45, 2.75) is 51.0 Å². The smallest absolute Gasteiger partial charge is 0.306 e. The maximum Gasteiger partial charge on any atom is 0.306 e. The number of carboxylic acids is 1. The highest BCUT2D eigenvalue weighted by molar-refractivity contribution is 7.13. The lowest BCUT2D eigenvalue weighted by Gasteiger charge is -2.49. The average Bonchev–Trinajstić information content (AvgIpc) is 3.29. The van der Waals surface area contributed by atoms with Gasteiger partial charge in [0.25, 0.3) is 5.91 Å². The Morgan fingerprint density at radius 3 is 2.53 bits per heavy atom. The normalized spacial score (nSPS) is 23.8. The number of benzene rings is 1. The molecule has 0 bridgehead atoms. The summed E-state index contributed by atoms with van der Waals surface area (Å²) in [5.41, 5.74) is 1.89. The van der Waals surface area contributed by atoms with E-state index in [0.29, 0.717) is 23.0 Å². The molecule has 3 aromatic rings. The number of hydrogen-bond acceptors (Lipinski definition) is 7. The van der Waals surface area contributed by atoms with Crippen molar-refractivity contribution in [2.24, 2.45) is 11.3 Å². The lowest BCUT2D eigenvalue weighted by molar-refractivity contribution is -0.152. The quantitative estimate of drug-likeness (QED) is 0.511. The molecule has 2 heterocycles. The minimum atomic E-state index is -0.667. The second kappa shape index (κ2) is 9.50. The summed E-state index contributed by atoms with van der Waals surface area (Å²) >= 11 is 1.28. The van der Waals surface area contributed by atoms with Crippen molar-refractivity contribution >= 4 is 28.9 Å². The third-order valence-electron chi connectivity index (χ3n) is 6.84. The van der Waals surface area contributed by atoms with Crippen LogP contribution in [0.2, 0.25) is 0 Å². The number of anilines is 1. The van der Waals surface area contributed by atoms with E-state index in [1.54, 1.807) is 18.3 Å². The molecule has 1 spiro atoms. The summed E-state index contributed by atoms with van der Waals surface area (Å²) in [6, 6.07) is 13.5. The van der Waals surface area contributed by atoms with Gasteiger partial charge in [-0.1, -0.05) is 41.7 Å². The van der Waals surface area contributed by atoms with Gasteiger partial charge in [-0.05, 0) is 55.6 Å². The molecule has 9 heteroatoms. The van der Waals surface area contributed by atoms with Gasteiger partial charge in [0.2, 0.25) is 10.9 Å². The van der Waals surface area contributed by atoms with Crippen molar-refractivity contribution in [3.05, 3.63) is 64.2 Å². The van der Waals surface area contributed by atoms with Crippen molar-refractivity contribution in [1.29, 1.82) is 0 Å². The molecule has 8 nitrogen and oxygen atoms in total. The standard InChI is InChI=1S/C25H26N4O4S/c30-22(23-29-28-21(34-23)12-16-4-2-1-3-5-16)27-18-6-7-20(26-15-18)33-19-8-10-25(11-9-19)13-17(14-25)24(31)32/h1-7,15,17,19H,8-14H2,(H,27,30)(H,31,32). The highest BCUT2D eigenvalue weighted by Crippen LogP contribution is 2.55. The van der Waals surface area contributed by atoms with Gasteiger partial charge >= 0.3 is 5.97 Å². The Bertz CT molecular complexity index is 1150. The van der Waals surface area contributed by atoms with Gasteiger partial charge in [0.15, 0.2) is 0 Å². The van der Waals surface area contributed by atoms with E-state index in [1.165, 1.54) is 11.3 Å². The molecule has 2 aromatic heterocycles. The van der Waals surface area contributed by atoms with E-state index in [4.69, 9.17) is 9.84 Å². The first-order valence-electron chi connectivity index (χ1n) is 11.5.